The third kappa shape index (κ3) is 6.71. The third-order valence-electron chi connectivity index (χ3n) is 2.31. The van der Waals surface area contributed by atoms with Crippen LogP contribution in [0.3, 0.4) is 0 Å². The maximum Gasteiger partial charge on any atom is 0.211 e. The third-order valence-corrected chi connectivity index (χ3v) is 2.56. The van der Waals surface area contributed by atoms with Gasteiger partial charge in [-0.3, -0.25) is 10.4 Å². The molecule has 1 aromatic rings. The van der Waals surface area contributed by atoms with Crippen LogP contribution in [-0.2, 0) is 0 Å². The molecule has 1 atom stereocenters. The van der Waals surface area contributed by atoms with Crippen LogP contribution in [0.25, 0.3) is 0 Å². The molecule has 1 aromatic carbocycles. The summed E-state index contributed by atoms with van der Waals surface area (Å²) in [5.74, 6) is 0.356. The molecule has 0 aliphatic rings. The van der Waals surface area contributed by atoms with Crippen LogP contribution >= 0.6 is 11.6 Å². The largest absolute Gasteiger partial charge is 0.484 e. The van der Waals surface area contributed by atoms with Crippen molar-refractivity contribution in [2.45, 2.75) is 13.0 Å². The monoisotopic (exact) mass is 323 g/mol. The van der Waals surface area contributed by atoms with E-state index in [0.29, 0.717) is 16.5 Å². The Morgan fingerprint density at radius 2 is 1.91 bits per heavy atom. The van der Waals surface area contributed by atoms with Gasteiger partial charge < -0.3 is 21.9 Å². The summed E-state index contributed by atoms with van der Waals surface area (Å²) in [6.07, 6.45) is 0.939. The first-order valence-corrected chi connectivity index (χ1v) is 6.67. The highest BCUT2D eigenvalue weighted by molar-refractivity contribution is 6.32. The molecule has 22 heavy (non-hydrogen) atoms. The van der Waals surface area contributed by atoms with Crippen molar-refractivity contribution in [1.29, 1.82) is 5.41 Å². The first kappa shape index (κ1) is 17.4. The van der Waals surface area contributed by atoms with Gasteiger partial charge in [-0.05, 0) is 31.2 Å². The number of nitrogens with two attached hydrogens (primary N) is 3. The van der Waals surface area contributed by atoms with E-state index in [1.165, 1.54) is 6.21 Å². The zero-order valence-electron chi connectivity index (χ0n) is 12.0. The summed E-state index contributed by atoms with van der Waals surface area (Å²) in [5.41, 5.74) is 16.1. The summed E-state index contributed by atoms with van der Waals surface area (Å²) >= 11 is 5.82. The van der Waals surface area contributed by atoms with Crippen molar-refractivity contribution >= 4 is 35.3 Å². The zero-order chi connectivity index (χ0) is 16.5. The number of guanidine groups is 1. The maximum atomic E-state index is 7.13. The minimum Gasteiger partial charge on any atom is -0.484 e. The Labute approximate surface area is 133 Å². The average Bonchev–Trinajstić information content (AvgIpc) is 2.44. The number of nitrogens with zero attached hydrogens (tertiary/aromatic N) is 3. The first-order chi connectivity index (χ1) is 10.4. The number of benzene rings is 1. The molecule has 0 saturated heterocycles. The Morgan fingerprint density at radius 3 is 2.45 bits per heavy atom. The number of nitrogens with one attached hydrogen (secondary N) is 1. The smallest absolute Gasteiger partial charge is 0.211 e. The molecule has 1 rings (SSSR count). The average molecular weight is 324 g/mol. The van der Waals surface area contributed by atoms with Gasteiger partial charge in [0.15, 0.2) is 0 Å². The number of amidine groups is 1. The molecule has 0 fully saturated rings. The van der Waals surface area contributed by atoms with E-state index in [1.807, 2.05) is 0 Å². The molecule has 0 amide bonds. The van der Waals surface area contributed by atoms with Crippen LogP contribution < -0.4 is 21.9 Å². The SMILES string of the molecule is CC(Oc1ccc(Cl)cc1)/C(C=NCC(=N)N)=N/N=C(N)N. The standard InChI is InChI=1S/C13H18ClN7O/c1-8(22-10-4-2-9(14)3-5-10)11(20-21-13(17)18)6-19-7-12(15)16/h2-6,8H,7H2,1H3,(H3,15,16)(H4,17,18,21)/b19-6?,20-11+. The Bertz CT molecular complexity index is 591. The van der Waals surface area contributed by atoms with Gasteiger partial charge in [0.05, 0.1) is 6.54 Å². The van der Waals surface area contributed by atoms with Gasteiger partial charge in [-0.15, -0.1) is 10.2 Å². The lowest BCUT2D eigenvalue weighted by molar-refractivity contribution is 0.289. The molecule has 118 valence electrons. The van der Waals surface area contributed by atoms with Crippen LogP contribution in [-0.4, -0.2) is 36.4 Å². The van der Waals surface area contributed by atoms with E-state index in [2.05, 4.69) is 15.2 Å². The second-order valence-corrected chi connectivity index (χ2v) is 4.70. The highest BCUT2D eigenvalue weighted by atomic mass is 35.5. The second kappa shape index (κ2) is 8.63. The van der Waals surface area contributed by atoms with Crippen molar-refractivity contribution in [3.8, 4) is 5.75 Å². The van der Waals surface area contributed by atoms with E-state index in [-0.39, 0.29) is 18.3 Å². The van der Waals surface area contributed by atoms with Gasteiger partial charge in [0.2, 0.25) is 5.96 Å². The number of hydrogen-bond donors (Lipinski definition) is 4. The van der Waals surface area contributed by atoms with Crippen molar-refractivity contribution in [2.24, 2.45) is 32.4 Å². The van der Waals surface area contributed by atoms with E-state index in [9.17, 15) is 0 Å². The summed E-state index contributed by atoms with van der Waals surface area (Å²) in [4.78, 5) is 3.97. The molecule has 0 heterocycles. The van der Waals surface area contributed by atoms with Gasteiger partial charge in [-0.25, -0.2) is 0 Å². The normalized spacial score (nSPS) is 12.9. The molecule has 0 saturated carbocycles. The maximum absolute atomic E-state index is 7.13. The molecule has 0 aliphatic heterocycles. The molecule has 9 heteroatoms. The van der Waals surface area contributed by atoms with Crippen LogP contribution in [0.2, 0.25) is 5.02 Å². The predicted molar refractivity (Wildman–Crippen MR) is 90.1 cm³/mol. The fraction of sp³-hybridized carbons (Fsp3) is 0.231. The van der Waals surface area contributed by atoms with Crippen LogP contribution in [0.1, 0.15) is 6.92 Å². The molecule has 7 N–H and O–H groups in total. The zero-order valence-corrected chi connectivity index (χ0v) is 12.8. The molecule has 0 spiro atoms. The minimum absolute atomic E-state index is 0.0501. The van der Waals surface area contributed by atoms with E-state index in [1.54, 1.807) is 31.2 Å². The van der Waals surface area contributed by atoms with Gasteiger partial charge >= 0.3 is 0 Å². The lowest BCUT2D eigenvalue weighted by atomic mass is 10.2. The minimum atomic E-state index is -0.472. The van der Waals surface area contributed by atoms with Crippen LogP contribution in [0.15, 0.2) is 39.5 Å². The Morgan fingerprint density at radius 1 is 1.27 bits per heavy atom. The highest BCUT2D eigenvalue weighted by Gasteiger charge is 2.11. The van der Waals surface area contributed by atoms with E-state index in [4.69, 9.17) is 38.9 Å². The van der Waals surface area contributed by atoms with Crippen LogP contribution in [0, 0.1) is 5.41 Å². The predicted octanol–water partition coefficient (Wildman–Crippen LogP) is 0.743. The topological polar surface area (TPSA) is 148 Å². The summed E-state index contributed by atoms with van der Waals surface area (Å²) in [7, 11) is 0. The molecule has 0 radical (unpaired) electrons. The molecule has 8 nitrogen and oxygen atoms in total. The lowest BCUT2D eigenvalue weighted by Gasteiger charge is -2.14. The molecule has 0 aliphatic carbocycles. The van der Waals surface area contributed by atoms with E-state index >= 15 is 0 Å². The molecule has 0 bridgehead atoms. The van der Waals surface area contributed by atoms with Crippen molar-refractivity contribution in [3.63, 3.8) is 0 Å². The van der Waals surface area contributed by atoms with Crippen LogP contribution in [0.4, 0.5) is 0 Å². The Hall–Kier alpha value is -2.61. The van der Waals surface area contributed by atoms with Gasteiger partial charge in [-0.1, -0.05) is 11.6 Å². The summed E-state index contributed by atoms with van der Waals surface area (Å²) in [5, 5.41) is 15.2. The van der Waals surface area contributed by atoms with Gasteiger partial charge in [0.1, 0.15) is 23.4 Å². The van der Waals surface area contributed by atoms with E-state index < -0.39 is 6.10 Å². The van der Waals surface area contributed by atoms with Gasteiger partial charge in [-0.2, -0.15) is 0 Å². The number of hydrogen-bond acceptors (Lipinski definition) is 5. The van der Waals surface area contributed by atoms with Crippen molar-refractivity contribution in [3.05, 3.63) is 29.3 Å². The summed E-state index contributed by atoms with van der Waals surface area (Å²) < 4.78 is 5.70. The van der Waals surface area contributed by atoms with Crippen molar-refractivity contribution in [2.75, 3.05) is 6.54 Å². The fourth-order valence-electron chi connectivity index (χ4n) is 1.34. The van der Waals surface area contributed by atoms with E-state index in [0.717, 1.165) is 0 Å². The van der Waals surface area contributed by atoms with Gasteiger partial charge in [0.25, 0.3) is 0 Å². The fourth-order valence-corrected chi connectivity index (χ4v) is 1.47. The summed E-state index contributed by atoms with van der Waals surface area (Å²) in [6.45, 7) is 1.81. The number of ether oxygens (including phenoxy) is 1. The number of aliphatic imine (C=N–C) groups is 1. The molecular formula is C13H18ClN7O. The Kier molecular flexibility index (Phi) is 6.84. The molecule has 1 unspecified atom stereocenters. The lowest BCUT2D eigenvalue weighted by Crippen LogP contribution is -2.27. The number of halogens is 1. The summed E-state index contributed by atoms with van der Waals surface area (Å²) in [6, 6.07) is 6.87. The van der Waals surface area contributed by atoms with Gasteiger partial charge in [0, 0.05) is 11.2 Å². The number of rotatable bonds is 7. The van der Waals surface area contributed by atoms with Crippen LogP contribution in [0.5, 0.6) is 5.75 Å². The second-order valence-electron chi connectivity index (χ2n) is 4.26. The molecular weight excluding hydrogens is 306 g/mol. The Balaban J connectivity index is 2.86. The molecule has 0 aromatic heterocycles. The highest BCUT2D eigenvalue weighted by Crippen LogP contribution is 2.17. The van der Waals surface area contributed by atoms with Crippen molar-refractivity contribution in [1.82, 2.24) is 0 Å². The quantitative estimate of drug-likeness (QED) is 0.332. The van der Waals surface area contributed by atoms with Crippen molar-refractivity contribution < 1.29 is 4.74 Å². The first-order valence-electron chi connectivity index (χ1n) is 6.30.